The van der Waals surface area contributed by atoms with Gasteiger partial charge >= 0.3 is 0 Å². The van der Waals surface area contributed by atoms with Gasteiger partial charge in [-0.05, 0) is 43.0 Å². The van der Waals surface area contributed by atoms with Crippen molar-refractivity contribution in [1.82, 2.24) is 5.32 Å². The smallest absolute Gasteiger partial charge is 0.161 e. The predicted octanol–water partition coefficient (Wildman–Crippen LogP) is 3.20. The molecule has 1 unspecified atom stereocenters. The lowest BCUT2D eigenvalue weighted by atomic mass is 10.2. The first-order valence-electron chi connectivity index (χ1n) is 7.48. The van der Waals surface area contributed by atoms with Gasteiger partial charge in [0.25, 0.3) is 0 Å². The van der Waals surface area contributed by atoms with Gasteiger partial charge < -0.3 is 19.9 Å². The van der Waals surface area contributed by atoms with Crippen molar-refractivity contribution < 1.29 is 14.6 Å². The molecule has 2 N–H and O–H groups in total. The van der Waals surface area contributed by atoms with Gasteiger partial charge in [-0.1, -0.05) is 12.1 Å². The lowest BCUT2D eigenvalue weighted by molar-refractivity contribution is 0.191. The third-order valence-electron chi connectivity index (χ3n) is 3.03. The fourth-order valence-corrected chi connectivity index (χ4v) is 2.63. The molecule has 1 heterocycles. The van der Waals surface area contributed by atoms with E-state index in [1.807, 2.05) is 36.6 Å². The van der Waals surface area contributed by atoms with Crippen molar-refractivity contribution >= 4 is 11.3 Å². The van der Waals surface area contributed by atoms with Crippen molar-refractivity contribution in [1.29, 1.82) is 0 Å². The van der Waals surface area contributed by atoms with Crippen molar-refractivity contribution in [3.8, 4) is 11.5 Å². The Kier molecular flexibility index (Phi) is 6.71. The van der Waals surface area contributed by atoms with Gasteiger partial charge in [0, 0.05) is 18.0 Å². The summed E-state index contributed by atoms with van der Waals surface area (Å²) in [7, 11) is 0. The maximum absolute atomic E-state index is 9.27. The highest BCUT2D eigenvalue weighted by atomic mass is 32.1. The minimum absolute atomic E-state index is 0.347. The summed E-state index contributed by atoms with van der Waals surface area (Å²) < 4.78 is 11.5. The van der Waals surface area contributed by atoms with Gasteiger partial charge in [0.15, 0.2) is 11.5 Å². The fourth-order valence-electron chi connectivity index (χ4n) is 2.02. The zero-order chi connectivity index (χ0) is 15.8. The summed E-state index contributed by atoms with van der Waals surface area (Å²) in [4.78, 5) is 1.19. The Hall–Kier alpha value is -1.56. The third-order valence-corrected chi connectivity index (χ3v) is 3.88. The number of nitrogens with one attached hydrogen (secondary N) is 1. The first kappa shape index (κ1) is 16.8. The summed E-state index contributed by atoms with van der Waals surface area (Å²) in [6.07, 6.45) is -0.347. The molecular formula is C17H23NO3S. The molecule has 1 aromatic carbocycles. The number of thiophene rings is 1. The molecule has 5 heteroatoms. The summed E-state index contributed by atoms with van der Waals surface area (Å²) in [5, 5.41) is 14.5. The number of ether oxygens (including phenoxy) is 2. The summed E-state index contributed by atoms with van der Waals surface area (Å²) >= 11 is 1.68. The van der Waals surface area contributed by atoms with E-state index in [4.69, 9.17) is 9.47 Å². The molecule has 4 nitrogen and oxygen atoms in total. The van der Waals surface area contributed by atoms with Crippen LogP contribution in [0.15, 0.2) is 35.7 Å². The molecule has 2 aromatic rings. The summed E-state index contributed by atoms with van der Waals surface area (Å²) in [5.41, 5.74) is 1.10. The molecule has 2 rings (SSSR count). The Labute approximate surface area is 135 Å². The van der Waals surface area contributed by atoms with E-state index in [0.717, 1.165) is 17.1 Å². The van der Waals surface area contributed by atoms with Gasteiger partial charge in [-0.15, -0.1) is 11.3 Å². The van der Waals surface area contributed by atoms with E-state index in [-0.39, 0.29) is 6.10 Å². The lowest BCUT2D eigenvalue weighted by Crippen LogP contribution is -2.23. The molecule has 0 saturated heterocycles. The van der Waals surface area contributed by atoms with E-state index in [1.54, 1.807) is 18.3 Å². The first-order chi connectivity index (χ1) is 10.7. The molecule has 0 radical (unpaired) electrons. The van der Waals surface area contributed by atoms with Crippen molar-refractivity contribution in [3.05, 3.63) is 46.2 Å². The highest BCUT2D eigenvalue weighted by Crippen LogP contribution is 2.29. The summed E-state index contributed by atoms with van der Waals surface area (Å²) in [6, 6.07) is 10.0. The van der Waals surface area contributed by atoms with Gasteiger partial charge in [-0.3, -0.25) is 0 Å². The second-order valence-electron chi connectivity index (χ2n) is 5.06. The van der Waals surface area contributed by atoms with Crippen LogP contribution in [0.4, 0.5) is 0 Å². The highest BCUT2D eigenvalue weighted by Gasteiger charge is 2.07. The molecule has 1 atom stereocenters. The van der Waals surface area contributed by atoms with E-state index < -0.39 is 0 Å². The molecular weight excluding hydrogens is 298 g/mol. The minimum Gasteiger partial charge on any atom is -0.490 e. The van der Waals surface area contributed by atoms with Gasteiger partial charge in [0.05, 0.1) is 12.7 Å². The van der Waals surface area contributed by atoms with Crippen molar-refractivity contribution in [2.24, 2.45) is 0 Å². The Morgan fingerprint density at radius 2 is 2.09 bits per heavy atom. The Morgan fingerprint density at radius 1 is 1.23 bits per heavy atom. The van der Waals surface area contributed by atoms with Crippen molar-refractivity contribution in [2.75, 3.05) is 13.2 Å². The third kappa shape index (κ3) is 5.33. The van der Waals surface area contributed by atoms with Crippen LogP contribution in [0.5, 0.6) is 11.5 Å². The van der Waals surface area contributed by atoms with E-state index in [2.05, 4.69) is 11.4 Å². The number of rotatable bonds is 9. The lowest BCUT2D eigenvalue weighted by Gasteiger charge is -2.14. The van der Waals surface area contributed by atoms with E-state index in [9.17, 15) is 5.11 Å². The molecule has 22 heavy (non-hydrogen) atoms. The fraction of sp³-hybridized carbons (Fsp3) is 0.412. The van der Waals surface area contributed by atoms with Crippen LogP contribution in [0.3, 0.4) is 0 Å². The van der Waals surface area contributed by atoms with Crippen LogP contribution in [-0.4, -0.2) is 24.4 Å². The van der Waals surface area contributed by atoms with Gasteiger partial charge in [-0.25, -0.2) is 0 Å². The quantitative estimate of drug-likeness (QED) is 0.745. The molecule has 0 spiro atoms. The molecule has 0 amide bonds. The molecule has 0 saturated carbocycles. The average Bonchev–Trinajstić information content (AvgIpc) is 3.00. The molecule has 0 aliphatic carbocycles. The van der Waals surface area contributed by atoms with Crippen LogP contribution in [0, 0.1) is 0 Å². The maximum Gasteiger partial charge on any atom is 0.161 e. The number of hydrogen-bond donors (Lipinski definition) is 2. The Bertz CT molecular complexity index is 555. The molecule has 0 bridgehead atoms. The maximum atomic E-state index is 9.27. The van der Waals surface area contributed by atoms with Gasteiger partial charge in [0.1, 0.15) is 6.61 Å². The van der Waals surface area contributed by atoms with Crippen LogP contribution in [0.2, 0.25) is 0 Å². The molecule has 1 aromatic heterocycles. The second-order valence-corrected chi connectivity index (χ2v) is 6.09. The number of aliphatic hydroxyl groups is 1. The zero-order valence-electron chi connectivity index (χ0n) is 13.0. The van der Waals surface area contributed by atoms with Crippen LogP contribution in [-0.2, 0) is 13.2 Å². The SMILES string of the molecule is CCOc1cc(CNCC(C)O)ccc1OCc1cccs1. The number of aliphatic hydroxyl groups excluding tert-OH is 1. The highest BCUT2D eigenvalue weighted by molar-refractivity contribution is 7.09. The van der Waals surface area contributed by atoms with E-state index >= 15 is 0 Å². The van der Waals surface area contributed by atoms with E-state index in [1.165, 1.54) is 4.88 Å². The van der Waals surface area contributed by atoms with Gasteiger partial charge in [0.2, 0.25) is 0 Å². The molecule has 0 aliphatic rings. The van der Waals surface area contributed by atoms with Crippen LogP contribution in [0.1, 0.15) is 24.3 Å². The molecule has 0 fully saturated rings. The number of hydrogen-bond acceptors (Lipinski definition) is 5. The Balaban J connectivity index is 1.99. The Morgan fingerprint density at radius 3 is 2.77 bits per heavy atom. The topological polar surface area (TPSA) is 50.7 Å². The largest absolute Gasteiger partial charge is 0.490 e. The predicted molar refractivity (Wildman–Crippen MR) is 89.6 cm³/mol. The standard InChI is InChI=1S/C17H23NO3S/c1-3-20-17-9-14(11-18-10-13(2)19)6-7-16(17)21-12-15-5-4-8-22-15/h4-9,13,18-19H,3,10-12H2,1-2H3. The monoisotopic (exact) mass is 321 g/mol. The van der Waals surface area contributed by atoms with Crippen LogP contribution >= 0.6 is 11.3 Å². The van der Waals surface area contributed by atoms with Crippen molar-refractivity contribution in [2.45, 2.75) is 33.1 Å². The van der Waals surface area contributed by atoms with Gasteiger partial charge in [-0.2, -0.15) is 0 Å². The summed E-state index contributed by atoms with van der Waals surface area (Å²) in [6.45, 7) is 6.13. The van der Waals surface area contributed by atoms with Crippen molar-refractivity contribution in [3.63, 3.8) is 0 Å². The first-order valence-corrected chi connectivity index (χ1v) is 8.36. The molecule has 0 aliphatic heterocycles. The number of benzene rings is 1. The average molecular weight is 321 g/mol. The second kappa shape index (κ2) is 8.78. The van der Waals surface area contributed by atoms with Crippen LogP contribution < -0.4 is 14.8 Å². The van der Waals surface area contributed by atoms with E-state index in [0.29, 0.717) is 26.3 Å². The normalized spacial score (nSPS) is 12.1. The molecule has 120 valence electrons. The zero-order valence-corrected chi connectivity index (χ0v) is 13.9. The summed E-state index contributed by atoms with van der Waals surface area (Å²) in [5.74, 6) is 1.52. The minimum atomic E-state index is -0.347. The van der Waals surface area contributed by atoms with Crippen LogP contribution in [0.25, 0.3) is 0 Å².